The number of nitrogens with one attached hydrogen (secondary N) is 2. The van der Waals surface area contributed by atoms with E-state index in [-0.39, 0.29) is 5.69 Å². The minimum Gasteiger partial charge on any atom is -0.379 e. The van der Waals surface area contributed by atoms with Crippen LogP contribution in [0, 0.1) is 14.9 Å². The van der Waals surface area contributed by atoms with Gasteiger partial charge in [-0.15, -0.1) is 0 Å². The van der Waals surface area contributed by atoms with Gasteiger partial charge in [0.05, 0.1) is 4.92 Å². The van der Waals surface area contributed by atoms with Crippen LogP contribution in [-0.4, -0.2) is 26.2 Å². The van der Waals surface area contributed by atoms with Crippen LogP contribution in [0.3, 0.4) is 0 Å². The molecule has 0 aliphatic heterocycles. The van der Waals surface area contributed by atoms with Gasteiger partial charge in [0.15, 0.2) is 4.77 Å². The van der Waals surface area contributed by atoms with E-state index in [4.69, 9.17) is 12.2 Å². The van der Waals surface area contributed by atoms with Crippen molar-refractivity contribution in [1.29, 1.82) is 0 Å². The van der Waals surface area contributed by atoms with Gasteiger partial charge in [-0.05, 0) is 31.3 Å². The summed E-state index contributed by atoms with van der Waals surface area (Å²) in [4.78, 5) is 10.6. The van der Waals surface area contributed by atoms with Gasteiger partial charge in [0.1, 0.15) is 11.5 Å². The Hall–Kier alpha value is -1.74. The number of nitrogens with zero attached hydrogens (tertiary/aromatic N) is 3. The molecule has 9 heteroatoms. The molecule has 2 rings (SSSR count). The average molecular weight is 372 g/mol. The predicted molar refractivity (Wildman–Crippen MR) is 86.1 cm³/mol. The van der Waals surface area contributed by atoms with Crippen LogP contribution in [0.4, 0.5) is 11.4 Å². The minimum atomic E-state index is -0.408. The summed E-state index contributed by atoms with van der Waals surface area (Å²) in [7, 11) is 0. The summed E-state index contributed by atoms with van der Waals surface area (Å²) in [5.41, 5.74) is 0.527. The van der Waals surface area contributed by atoms with Crippen molar-refractivity contribution in [2.45, 2.75) is 19.9 Å². The molecule has 0 saturated carbocycles. The highest BCUT2D eigenvalue weighted by Crippen LogP contribution is 2.27. The zero-order valence-electron chi connectivity index (χ0n) is 11.3. The van der Waals surface area contributed by atoms with E-state index in [9.17, 15) is 10.1 Å². The lowest BCUT2D eigenvalue weighted by Gasteiger charge is -2.08. The molecule has 0 amide bonds. The zero-order chi connectivity index (χ0) is 15.4. The smallest absolute Gasteiger partial charge is 0.293 e. The fourth-order valence-electron chi connectivity index (χ4n) is 1.98. The first kappa shape index (κ1) is 15.6. The Labute approximate surface area is 134 Å². The first-order chi connectivity index (χ1) is 10.0. The molecule has 2 N–H and O–H groups in total. The number of aromatic amines is 1. The van der Waals surface area contributed by atoms with Gasteiger partial charge in [-0.3, -0.25) is 15.2 Å². The molecule has 1 aromatic heterocycles. The van der Waals surface area contributed by atoms with E-state index < -0.39 is 4.92 Å². The summed E-state index contributed by atoms with van der Waals surface area (Å²) >= 11 is 8.35. The first-order valence-electron chi connectivity index (χ1n) is 6.34. The van der Waals surface area contributed by atoms with Crippen LogP contribution in [0.5, 0.6) is 0 Å². The maximum Gasteiger partial charge on any atom is 0.293 e. The molecule has 2 aromatic rings. The Kier molecular flexibility index (Phi) is 5.07. The molecule has 1 heterocycles. The van der Waals surface area contributed by atoms with E-state index in [2.05, 4.69) is 31.4 Å². The predicted octanol–water partition coefficient (Wildman–Crippen LogP) is 3.29. The highest BCUT2D eigenvalue weighted by molar-refractivity contribution is 9.10. The highest BCUT2D eigenvalue weighted by Gasteiger charge is 2.14. The summed E-state index contributed by atoms with van der Waals surface area (Å²) in [6.45, 7) is 3.26. The van der Waals surface area contributed by atoms with Crippen LogP contribution < -0.4 is 5.32 Å². The van der Waals surface area contributed by atoms with Gasteiger partial charge in [-0.25, -0.2) is 0 Å². The molecule has 112 valence electrons. The van der Waals surface area contributed by atoms with Crippen molar-refractivity contribution < 1.29 is 4.92 Å². The number of benzene rings is 1. The number of rotatable bonds is 6. The monoisotopic (exact) mass is 371 g/mol. The normalized spacial score (nSPS) is 10.6. The maximum absolute atomic E-state index is 11.0. The molecule has 1 aromatic carbocycles. The van der Waals surface area contributed by atoms with E-state index in [1.54, 1.807) is 12.1 Å². The quantitative estimate of drug-likeness (QED) is 0.462. The van der Waals surface area contributed by atoms with E-state index in [1.807, 2.05) is 11.5 Å². The third-order valence-electron chi connectivity index (χ3n) is 2.97. The van der Waals surface area contributed by atoms with Gasteiger partial charge < -0.3 is 9.88 Å². The molecule has 0 spiro atoms. The molecule has 0 bridgehead atoms. The number of aromatic nitrogens is 3. The van der Waals surface area contributed by atoms with Crippen molar-refractivity contribution in [3.05, 3.63) is 43.4 Å². The molecule has 0 aliphatic rings. The largest absolute Gasteiger partial charge is 0.379 e. The standard InChI is InChI=1S/C12H14BrN5O2S/c1-2-17-11(15-16-12(17)21)5-6-14-9-4-3-8(13)7-10(9)18(19)20/h3-4,7,14H,2,5-6H2,1H3,(H,16,21). The number of nitro benzene ring substituents is 1. The van der Waals surface area contributed by atoms with Crippen LogP contribution in [0.1, 0.15) is 12.7 Å². The topological polar surface area (TPSA) is 88.8 Å². The number of hydrogen-bond acceptors (Lipinski definition) is 5. The van der Waals surface area contributed by atoms with Gasteiger partial charge in [0.25, 0.3) is 5.69 Å². The van der Waals surface area contributed by atoms with E-state index in [0.29, 0.717) is 27.9 Å². The fourth-order valence-corrected chi connectivity index (χ4v) is 2.61. The molecule has 0 unspecified atom stereocenters. The molecule has 21 heavy (non-hydrogen) atoms. The lowest BCUT2D eigenvalue weighted by atomic mass is 10.2. The Bertz CT molecular complexity index is 712. The van der Waals surface area contributed by atoms with E-state index >= 15 is 0 Å². The molecule has 0 fully saturated rings. The Morgan fingerprint density at radius 1 is 1.57 bits per heavy atom. The summed E-state index contributed by atoms with van der Waals surface area (Å²) in [6, 6.07) is 4.92. The van der Waals surface area contributed by atoms with Crippen molar-refractivity contribution in [3.8, 4) is 0 Å². The fraction of sp³-hybridized carbons (Fsp3) is 0.333. The Morgan fingerprint density at radius 3 is 3.00 bits per heavy atom. The molecule has 0 radical (unpaired) electrons. The second kappa shape index (κ2) is 6.81. The molecule has 0 aliphatic carbocycles. The van der Waals surface area contributed by atoms with Crippen LogP contribution in [-0.2, 0) is 13.0 Å². The van der Waals surface area contributed by atoms with Gasteiger partial charge >= 0.3 is 0 Å². The summed E-state index contributed by atoms with van der Waals surface area (Å²) in [6.07, 6.45) is 0.619. The molecule has 7 nitrogen and oxygen atoms in total. The third-order valence-corrected chi connectivity index (χ3v) is 3.78. The van der Waals surface area contributed by atoms with Crippen molar-refractivity contribution in [2.24, 2.45) is 0 Å². The van der Waals surface area contributed by atoms with Crippen LogP contribution in [0.15, 0.2) is 22.7 Å². The molecular weight excluding hydrogens is 358 g/mol. The second-order valence-electron chi connectivity index (χ2n) is 4.28. The summed E-state index contributed by atoms with van der Waals surface area (Å²) in [5, 5.41) is 21.0. The first-order valence-corrected chi connectivity index (χ1v) is 7.55. The third kappa shape index (κ3) is 3.67. The number of nitro groups is 1. The van der Waals surface area contributed by atoms with Crippen LogP contribution in [0.2, 0.25) is 0 Å². The number of hydrogen-bond donors (Lipinski definition) is 2. The van der Waals surface area contributed by atoms with Gasteiger partial charge in [-0.1, -0.05) is 15.9 Å². The van der Waals surface area contributed by atoms with Crippen LogP contribution in [0.25, 0.3) is 0 Å². The zero-order valence-corrected chi connectivity index (χ0v) is 13.7. The number of halogens is 1. The molecule has 0 saturated heterocycles. The van der Waals surface area contributed by atoms with Gasteiger partial charge in [0.2, 0.25) is 0 Å². The van der Waals surface area contributed by atoms with Crippen molar-refractivity contribution >= 4 is 39.5 Å². The average Bonchev–Trinajstić information content (AvgIpc) is 2.80. The summed E-state index contributed by atoms with van der Waals surface area (Å²) in [5.74, 6) is 0.828. The maximum atomic E-state index is 11.0. The van der Waals surface area contributed by atoms with E-state index in [0.717, 1.165) is 12.4 Å². The van der Waals surface area contributed by atoms with Crippen molar-refractivity contribution in [2.75, 3.05) is 11.9 Å². The van der Waals surface area contributed by atoms with E-state index in [1.165, 1.54) is 6.07 Å². The number of anilines is 1. The lowest BCUT2D eigenvalue weighted by Crippen LogP contribution is -2.11. The highest BCUT2D eigenvalue weighted by atomic mass is 79.9. The van der Waals surface area contributed by atoms with Gasteiger partial charge in [-0.2, -0.15) is 5.10 Å². The molecule has 0 atom stereocenters. The SMILES string of the molecule is CCn1c(CCNc2ccc(Br)cc2[N+](=O)[O-])n[nH]c1=S. The van der Waals surface area contributed by atoms with Crippen molar-refractivity contribution in [3.63, 3.8) is 0 Å². The summed E-state index contributed by atoms with van der Waals surface area (Å²) < 4.78 is 3.15. The number of H-pyrrole nitrogens is 1. The van der Waals surface area contributed by atoms with Crippen LogP contribution >= 0.6 is 28.1 Å². The Balaban J connectivity index is 2.07. The Morgan fingerprint density at radius 2 is 2.33 bits per heavy atom. The van der Waals surface area contributed by atoms with Gasteiger partial charge in [0, 0.05) is 30.0 Å². The second-order valence-corrected chi connectivity index (χ2v) is 5.59. The van der Waals surface area contributed by atoms with Crippen molar-refractivity contribution in [1.82, 2.24) is 14.8 Å². The molecular formula is C12H14BrN5O2S. The lowest BCUT2D eigenvalue weighted by molar-refractivity contribution is -0.384. The minimum absolute atomic E-state index is 0.0405.